The van der Waals surface area contributed by atoms with E-state index in [9.17, 15) is 9.18 Å². The molecular weight excluding hydrogens is 385 g/mol. The molecule has 1 amide bonds. The maximum atomic E-state index is 14.0. The highest BCUT2D eigenvalue weighted by Gasteiger charge is 2.21. The summed E-state index contributed by atoms with van der Waals surface area (Å²) >= 11 is 1.34. The van der Waals surface area contributed by atoms with Crippen LogP contribution in [0.1, 0.15) is 22.3 Å². The molecule has 0 aliphatic carbocycles. The first kappa shape index (κ1) is 21.3. The molecule has 0 radical (unpaired) electrons. The molecule has 0 N–H and O–H groups in total. The van der Waals surface area contributed by atoms with Gasteiger partial charge < -0.3 is 4.90 Å². The Balaban J connectivity index is 0.00000261. The number of carbonyl (C=O) groups excluding carboxylic acids is 1. The van der Waals surface area contributed by atoms with Crippen LogP contribution in [0.15, 0.2) is 42.5 Å². The van der Waals surface area contributed by atoms with Crippen molar-refractivity contribution < 1.29 is 9.18 Å². The van der Waals surface area contributed by atoms with Gasteiger partial charge in [0.25, 0.3) is 5.91 Å². The summed E-state index contributed by atoms with van der Waals surface area (Å²) in [5.41, 5.74) is 2.03. The Morgan fingerprint density at radius 1 is 1.11 bits per heavy atom. The molecule has 3 aromatic rings. The van der Waals surface area contributed by atoms with E-state index in [1.165, 1.54) is 17.4 Å². The van der Waals surface area contributed by atoms with Crippen molar-refractivity contribution in [1.82, 2.24) is 9.88 Å². The van der Waals surface area contributed by atoms with Crippen molar-refractivity contribution in [3.8, 4) is 0 Å². The number of anilines is 1. The average molecular weight is 408 g/mol. The van der Waals surface area contributed by atoms with Crippen LogP contribution < -0.4 is 4.90 Å². The highest BCUT2D eigenvalue weighted by atomic mass is 35.5. The van der Waals surface area contributed by atoms with E-state index in [1.54, 1.807) is 11.0 Å². The second kappa shape index (κ2) is 9.26. The van der Waals surface area contributed by atoms with Crippen LogP contribution in [0.3, 0.4) is 0 Å². The zero-order valence-electron chi connectivity index (χ0n) is 15.6. The van der Waals surface area contributed by atoms with Crippen molar-refractivity contribution in [1.29, 1.82) is 0 Å². The Morgan fingerprint density at radius 2 is 1.81 bits per heavy atom. The fourth-order valence-corrected chi connectivity index (χ4v) is 3.70. The van der Waals surface area contributed by atoms with Crippen molar-refractivity contribution in [2.75, 3.05) is 32.1 Å². The molecule has 0 bridgehead atoms. The van der Waals surface area contributed by atoms with Gasteiger partial charge in [-0.25, -0.2) is 9.37 Å². The standard InChI is InChI=1S/C20H22FN3OS.ClH/c1-14-8-10-15(11-9-14)19(25)24(13-5-12-23(2)3)20-22-18-16(21)6-4-7-17(18)26-20;/h4,6-11H,5,12-13H2,1-3H3;1H. The number of hydrogen-bond acceptors (Lipinski definition) is 4. The molecule has 0 unspecified atom stereocenters. The van der Waals surface area contributed by atoms with Crippen LogP contribution in [0.25, 0.3) is 10.2 Å². The van der Waals surface area contributed by atoms with E-state index >= 15 is 0 Å². The van der Waals surface area contributed by atoms with Gasteiger partial charge in [-0.3, -0.25) is 9.69 Å². The third kappa shape index (κ3) is 5.03. The van der Waals surface area contributed by atoms with Gasteiger partial charge in [0.2, 0.25) is 0 Å². The lowest BCUT2D eigenvalue weighted by Crippen LogP contribution is -2.33. The summed E-state index contributed by atoms with van der Waals surface area (Å²) < 4.78 is 14.8. The van der Waals surface area contributed by atoms with Crippen LogP contribution in [0.5, 0.6) is 0 Å². The van der Waals surface area contributed by atoms with Gasteiger partial charge in [-0.05, 0) is 58.3 Å². The SMILES string of the molecule is Cc1ccc(C(=O)N(CCCN(C)C)c2nc3c(F)cccc3s2)cc1.Cl. The van der Waals surface area contributed by atoms with Crippen molar-refractivity contribution in [3.05, 3.63) is 59.4 Å². The Labute approximate surface area is 169 Å². The lowest BCUT2D eigenvalue weighted by molar-refractivity contribution is 0.0986. The molecule has 0 fully saturated rings. The lowest BCUT2D eigenvalue weighted by atomic mass is 10.1. The highest BCUT2D eigenvalue weighted by molar-refractivity contribution is 7.22. The number of aryl methyl sites for hydroxylation is 1. The number of amides is 1. The number of para-hydroxylation sites is 1. The van der Waals surface area contributed by atoms with Crippen LogP contribution in [-0.4, -0.2) is 43.0 Å². The minimum Gasteiger partial charge on any atom is -0.309 e. The summed E-state index contributed by atoms with van der Waals surface area (Å²) in [7, 11) is 4.00. The number of halogens is 2. The maximum Gasteiger partial charge on any atom is 0.260 e. The third-order valence-corrected chi connectivity index (χ3v) is 5.16. The topological polar surface area (TPSA) is 36.4 Å². The number of aromatic nitrogens is 1. The van der Waals surface area contributed by atoms with Crippen molar-refractivity contribution in [3.63, 3.8) is 0 Å². The van der Waals surface area contributed by atoms with Crippen LogP contribution in [-0.2, 0) is 0 Å². The van der Waals surface area contributed by atoms with Gasteiger partial charge in [0, 0.05) is 12.1 Å². The molecule has 2 aromatic carbocycles. The quantitative estimate of drug-likeness (QED) is 0.590. The van der Waals surface area contributed by atoms with E-state index in [1.807, 2.05) is 51.4 Å². The predicted octanol–water partition coefficient (Wildman–Crippen LogP) is 4.76. The molecule has 0 aliphatic heterocycles. The summed E-state index contributed by atoms with van der Waals surface area (Å²) in [6.07, 6.45) is 0.809. The molecule has 7 heteroatoms. The van der Waals surface area contributed by atoms with E-state index < -0.39 is 0 Å². The largest absolute Gasteiger partial charge is 0.309 e. The van der Waals surface area contributed by atoms with Crippen LogP contribution >= 0.6 is 23.7 Å². The van der Waals surface area contributed by atoms with Crippen LogP contribution in [0, 0.1) is 12.7 Å². The van der Waals surface area contributed by atoms with Gasteiger partial charge in [0.05, 0.1) is 4.70 Å². The molecule has 4 nitrogen and oxygen atoms in total. The molecule has 0 atom stereocenters. The van der Waals surface area contributed by atoms with Crippen molar-refractivity contribution >= 4 is 45.0 Å². The van der Waals surface area contributed by atoms with Crippen molar-refractivity contribution in [2.24, 2.45) is 0 Å². The lowest BCUT2D eigenvalue weighted by Gasteiger charge is -2.21. The first-order valence-corrected chi connectivity index (χ1v) is 9.35. The minimum absolute atomic E-state index is 0. The van der Waals surface area contributed by atoms with Gasteiger partial charge in [-0.15, -0.1) is 12.4 Å². The fourth-order valence-electron chi connectivity index (χ4n) is 2.70. The number of hydrogen-bond donors (Lipinski definition) is 0. The number of benzene rings is 2. The summed E-state index contributed by atoms with van der Waals surface area (Å²) in [5, 5.41) is 0.537. The van der Waals surface area contributed by atoms with Crippen LogP contribution in [0.2, 0.25) is 0 Å². The normalized spacial score (nSPS) is 10.9. The molecule has 3 rings (SSSR count). The number of carbonyl (C=O) groups is 1. The molecule has 1 aromatic heterocycles. The Hall–Kier alpha value is -2.02. The van der Waals surface area contributed by atoms with Crippen molar-refractivity contribution in [2.45, 2.75) is 13.3 Å². The second-order valence-corrected chi connectivity index (χ2v) is 7.57. The minimum atomic E-state index is -0.360. The number of rotatable bonds is 6. The van der Waals surface area contributed by atoms with E-state index in [0.29, 0.717) is 22.8 Å². The van der Waals surface area contributed by atoms with Gasteiger partial charge in [0.15, 0.2) is 5.13 Å². The molecule has 0 saturated carbocycles. The van der Waals surface area contributed by atoms with E-state index in [4.69, 9.17) is 0 Å². The van der Waals surface area contributed by atoms with Gasteiger partial charge in [-0.1, -0.05) is 35.1 Å². The zero-order chi connectivity index (χ0) is 18.7. The zero-order valence-corrected chi connectivity index (χ0v) is 17.2. The summed E-state index contributed by atoms with van der Waals surface area (Å²) in [6.45, 7) is 3.38. The predicted molar refractivity (Wildman–Crippen MR) is 113 cm³/mol. The summed E-state index contributed by atoms with van der Waals surface area (Å²) in [6, 6.07) is 12.4. The number of fused-ring (bicyclic) bond motifs is 1. The van der Waals surface area contributed by atoms with Gasteiger partial charge >= 0.3 is 0 Å². The van der Waals surface area contributed by atoms with E-state index in [-0.39, 0.29) is 24.1 Å². The molecule has 0 aliphatic rings. The number of nitrogens with zero attached hydrogens (tertiary/aromatic N) is 3. The second-order valence-electron chi connectivity index (χ2n) is 6.56. The smallest absolute Gasteiger partial charge is 0.260 e. The molecule has 27 heavy (non-hydrogen) atoms. The first-order valence-electron chi connectivity index (χ1n) is 8.54. The van der Waals surface area contributed by atoms with E-state index in [2.05, 4.69) is 9.88 Å². The van der Waals surface area contributed by atoms with Crippen LogP contribution in [0.4, 0.5) is 9.52 Å². The molecular formula is C20H23ClFN3OS. The highest BCUT2D eigenvalue weighted by Crippen LogP contribution is 2.31. The third-order valence-electron chi connectivity index (χ3n) is 4.12. The number of thiazole rings is 1. The molecule has 0 saturated heterocycles. The van der Waals surface area contributed by atoms with Gasteiger partial charge in [-0.2, -0.15) is 0 Å². The Bertz CT molecular complexity index is 911. The Kier molecular flexibility index (Phi) is 7.30. The first-order chi connectivity index (χ1) is 12.5. The van der Waals surface area contributed by atoms with Gasteiger partial charge in [0.1, 0.15) is 11.3 Å². The average Bonchev–Trinajstić information content (AvgIpc) is 3.04. The summed E-state index contributed by atoms with van der Waals surface area (Å²) in [4.78, 5) is 21.2. The molecule has 144 valence electrons. The summed E-state index contributed by atoms with van der Waals surface area (Å²) in [5.74, 6) is -0.468. The molecule has 0 spiro atoms. The fraction of sp³-hybridized carbons (Fsp3) is 0.300. The monoisotopic (exact) mass is 407 g/mol. The van der Waals surface area contributed by atoms with E-state index in [0.717, 1.165) is 23.2 Å². The maximum absolute atomic E-state index is 14.0. The molecule has 1 heterocycles. The Morgan fingerprint density at radius 3 is 2.44 bits per heavy atom.